The van der Waals surface area contributed by atoms with Gasteiger partial charge < -0.3 is 9.84 Å². The van der Waals surface area contributed by atoms with Gasteiger partial charge in [-0.25, -0.2) is 4.79 Å². The molecule has 1 N–H and O–H groups in total. The molecule has 1 aliphatic heterocycles. The van der Waals surface area contributed by atoms with Crippen LogP contribution >= 0.6 is 23.5 Å². The van der Waals surface area contributed by atoms with Gasteiger partial charge in [-0.3, -0.25) is 0 Å². The molecule has 0 bridgehead atoms. The van der Waals surface area contributed by atoms with Crippen molar-refractivity contribution in [1.82, 2.24) is 0 Å². The highest BCUT2D eigenvalue weighted by Crippen LogP contribution is 2.54. The summed E-state index contributed by atoms with van der Waals surface area (Å²) in [4.78, 5) is 11.0. The lowest BCUT2D eigenvalue weighted by Gasteiger charge is -2.38. The Morgan fingerprint density at radius 1 is 1.03 bits per heavy atom. The van der Waals surface area contributed by atoms with E-state index in [9.17, 15) is 4.79 Å². The van der Waals surface area contributed by atoms with Crippen LogP contribution in [0, 0.1) is 11.8 Å². The van der Waals surface area contributed by atoms with E-state index in [-0.39, 0.29) is 9.64 Å². The molecule has 29 heavy (non-hydrogen) atoms. The zero-order valence-corrected chi connectivity index (χ0v) is 18.5. The number of fused-ring (bicyclic) bond motifs is 1. The van der Waals surface area contributed by atoms with Crippen LogP contribution in [0.15, 0.2) is 42.5 Å². The first kappa shape index (κ1) is 21.7. The van der Waals surface area contributed by atoms with Crippen LogP contribution in [0.1, 0.15) is 60.2 Å². The highest BCUT2D eigenvalue weighted by molar-refractivity contribution is 8.17. The quantitative estimate of drug-likeness (QED) is 0.434. The van der Waals surface area contributed by atoms with Gasteiger partial charge in [0.15, 0.2) is 0 Å². The Kier molecular flexibility index (Phi) is 7.57. The summed E-state index contributed by atoms with van der Waals surface area (Å²) in [7, 11) is 0. The predicted octanol–water partition coefficient (Wildman–Crippen LogP) is 6.01. The molecule has 3 rings (SSSR count). The van der Waals surface area contributed by atoms with E-state index in [1.165, 1.54) is 5.56 Å². The summed E-state index contributed by atoms with van der Waals surface area (Å²) in [6.07, 6.45) is 3.31. The first-order valence-electron chi connectivity index (χ1n) is 9.98. The van der Waals surface area contributed by atoms with Crippen LogP contribution in [0.3, 0.4) is 0 Å². The van der Waals surface area contributed by atoms with Crippen LogP contribution < -0.4 is 4.74 Å². The van der Waals surface area contributed by atoms with Crippen molar-refractivity contribution in [2.75, 3.05) is 18.1 Å². The van der Waals surface area contributed by atoms with Crippen molar-refractivity contribution in [3.8, 4) is 17.6 Å². The van der Waals surface area contributed by atoms with Crippen molar-refractivity contribution in [1.29, 1.82) is 0 Å². The van der Waals surface area contributed by atoms with E-state index in [1.54, 1.807) is 24.3 Å². The summed E-state index contributed by atoms with van der Waals surface area (Å²) in [5.41, 5.74) is 3.27. The molecule has 3 nitrogen and oxygen atoms in total. The molecule has 1 heterocycles. The van der Waals surface area contributed by atoms with Crippen LogP contribution in [-0.4, -0.2) is 29.2 Å². The number of carboxylic acid groups (broad SMARTS) is 1. The third kappa shape index (κ3) is 5.32. The molecule has 152 valence electrons. The SMILES string of the molecule is CCCSC1(SCCC)CCOc2ccc(C#Cc3ccc(C(=O)O)cc3)cc21. The van der Waals surface area contributed by atoms with E-state index < -0.39 is 5.97 Å². The Morgan fingerprint density at radius 2 is 1.66 bits per heavy atom. The molecule has 2 aromatic carbocycles. The molecule has 0 saturated heterocycles. The molecular weight excluding hydrogens is 400 g/mol. The normalized spacial score (nSPS) is 14.3. The molecule has 0 fully saturated rings. The summed E-state index contributed by atoms with van der Waals surface area (Å²) < 4.78 is 5.99. The third-order valence-electron chi connectivity index (χ3n) is 4.64. The maximum Gasteiger partial charge on any atom is 0.335 e. The Balaban J connectivity index is 1.91. The fraction of sp³-hybridized carbons (Fsp3) is 0.375. The molecule has 0 saturated carbocycles. The lowest BCUT2D eigenvalue weighted by Crippen LogP contribution is -2.28. The van der Waals surface area contributed by atoms with E-state index in [2.05, 4.69) is 31.8 Å². The molecule has 1 aliphatic rings. The summed E-state index contributed by atoms with van der Waals surface area (Å²) in [6, 6.07) is 12.9. The standard InChI is InChI=1S/C24H26O3S2/c1-3-15-28-24(29-16-4-2)13-14-27-22-12-9-19(17-21(22)24)6-5-18-7-10-20(11-8-18)23(25)26/h7-12,17H,3-4,13-16H2,1-2H3,(H,25,26). The molecule has 0 unspecified atom stereocenters. The first-order chi connectivity index (χ1) is 14.1. The Labute approximate surface area is 181 Å². The molecule has 0 aliphatic carbocycles. The smallest absolute Gasteiger partial charge is 0.335 e. The second-order valence-electron chi connectivity index (χ2n) is 6.89. The number of ether oxygens (including phenoxy) is 1. The average molecular weight is 427 g/mol. The number of hydrogen-bond donors (Lipinski definition) is 1. The number of hydrogen-bond acceptors (Lipinski definition) is 4. The minimum atomic E-state index is -0.926. The van der Waals surface area contributed by atoms with Crippen LogP contribution in [0.25, 0.3) is 0 Å². The predicted molar refractivity (Wildman–Crippen MR) is 123 cm³/mol. The van der Waals surface area contributed by atoms with Crippen molar-refractivity contribution < 1.29 is 14.6 Å². The van der Waals surface area contributed by atoms with Gasteiger partial charge in [-0.2, -0.15) is 0 Å². The highest BCUT2D eigenvalue weighted by atomic mass is 32.2. The molecule has 0 radical (unpaired) electrons. The van der Waals surface area contributed by atoms with Crippen LogP contribution in [0.4, 0.5) is 0 Å². The number of carbonyl (C=O) groups is 1. The van der Waals surface area contributed by atoms with Gasteiger partial charge in [0.05, 0.1) is 16.2 Å². The highest BCUT2D eigenvalue weighted by Gasteiger charge is 2.38. The van der Waals surface area contributed by atoms with Crippen molar-refractivity contribution in [3.63, 3.8) is 0 Å². The maximum atomic E-state index is 11.0. The zero-order chi connectivity index (χ0) is 20.7. The zero-order valence-electron chi connectivity index (χ0n) is 16.9. The largest absolute Gasteiger partial charge is 0.493 e. The van der Waals surface area contributed by atoms with Gasteiger partial charge in [0.25, 0.3) is 0 Å². The third-order valence-corrected chi connectivity index (χ3v) is 8.35. The first-order valence-corrected chi connectivity index (χ1v) is 12.0. The van der Waals surface area contributed by atoms with Crippen molar-refractivity contribution in [2.24, 2.45) is 0 Å². The maximum absolute atomic E-state index is 11.0. The van der Waals surface area contributed by atoms with Crippen LogP contribution in [0.2, 0.25) is 0 Å². The fourth-order valence-electron chi connectivity index (χ4n) is 3.18. The van der Waals surface area contributed by atoms with E-state index in [1.807, 2.05) is 35.7 Å². The molecule has 5 heteroatoms. The monoisotopic (exact) mass is 426 g/mol. The average Bonchev–Trinajstić information content (AvgIpc) is 2.75. The molecule has 0 spiro atoms. The number of thioether (sulfide) groups is 2. The molecular formula is C24H26O3S2. The molecule has 0 atom stereocenters. The second kappa shape index (κ2) is 10.1. The number of carboxylic acids is 1. The molecule has 0 aromatic heterocycles. The minimum absolute atomic E-state index is 0.0282. The van der Waals surface area contributed by atoms with Gasteiger partial charge in [0.2, 0.25) is 0 Å². The summed E-state index contributed by atoms with van der Waals surface area (Å²) in [5.74, 6) is 8.69. The van der Waals surface area contributed by atoms with Gasteiger partial charge in [-0.1, -0.05) is 25.7 Å². The van der Waals surface area contributed by atoms with Crippen molar-refractivity contribution >= 4 is 29.5 Å². The van der Waals surface area contributed by atoms with Gasteiger partial charge in [0.1, 0.15) is 5.75 Å². The topological polar surface area (TPSA) is 46.5 Å². The van der Waals surface area contributed by atoms with Gasteiger partial charge in [0, 0.05) is 23.1 Å². The van der Waals surface area contributed by atoms with E-state index in [0.717, 1.165) is 54.3 Å². The molecule has 0 amide bonds. The number of aromatic carboxylic acids is 1. The van der Waals surface area contributed by atoms with Crippen molar-refractivity contribution in [3.05, 3.63) is 64.7 Å². The Bertz CT molecular complexity index is 902. The Hall–Kier alpha value is -2.03. The van der Waals surface area contributed by atoms with Crippen molar-refractivity contribution in [2.45, 2.75) is 37.2 Å². The minimum Gasteiger partial charge on any atom is -0.493 e. The van der Waals surface area contributed by atoms with Crippen LogP contribution in [-0.2, 0) is 4.08 Å². The summed E-state index contributed by atoms with van der Waals surface area (Å²) >= 11 is 4.07. The lowest BCUT2D eigenvalue weighted by molar-refractivity contribution is 0.0697. The van der Waals surface area contributed by atoms with Gasteiger partial charge >= 0.3 is 5.97 Å². The summed E-state index contributed by atoms with van der Waals surface area (Å²) in [5, 5.41) is 9.02. The van der Waals surface area contributed by atoms with Crippen LogP contribution in [0.5, 0.6) is 5.75 Å². The fourth-order valence-corrected chi connectivity index (χ4v) is 6.16. The van der Waals surface area contributed by atoms with E-state index in [4.69, 9.17) is 9.84 Å². The second-order valence-corrected chi connectivity index (χ2v) is 9.94. The number of benzene rings is 2. The lowest BCUT2D eigenvalue weighted by atomic mass is 10.0. The van der Waals surface area contributed by atoms with E-state index >= 15 is 0 Å². The van der Waals surface area contributed by atoms with E-state index in [0.29, 0.717) is 0 Å². The summed E-state index contributed by atoms with van der Waals surface area (Å²) in [6.45, 7) is 5.20. The van der Waals surface area contributed by atoms with Gasteiger partial charge in [-0.15, -0.1) is 23.5 Å². The Morgan fingerprint density at radius 3 is 2.28 bits per heavy atom. The molecule has 2 aromatic rings. The van der Waals surface area contributed by atoms with Gasteiger partial charge in [-0.05, 0) is 66.8 Å². The number of rotatable bonds is 7.